The van der Waals surface area contributed by atoms with Gasteiger partial charge in [0.15, 0.2) is 0 Å². The van der Waals surface area contributed by atoms with Crippen LogP contribution in [0.15, 0.2) is 57.9 Å². The average Bonchev–Trinajstić information content (AvgIpc) is 2.73. The highest BCUT2D eigenvalue weighted by atomic mass is 79.9. The maximum absolute atomic E-state index is 12.5. The number of methoxy groups -OCH3 is 1. The van der Waals surface area contributed by atoms with E-state index in [0.29, 0.717) is 25.4 Å². The van der Waals surface area contributed by atoms with E-state index in [1.807, 2.05) is 32.0 Å². The summed E-state index contributed by atoms with van der Waals surface area (Å²) in [5.74, 6) is 0.545. The molecule has 8 heteroatoms. The molecule has 30 heavy (non-hydrogen) atoms. The molecule has 0 radical (unpaired) electrons. The first-order chi connectivity index (χ1) is 14.2. The van der Waals surface area contributed by atoms with E-state index in [1.54, 1.807) is 49.4 Å². The van der Waals surface area contributed by atoms with Crippen LogP contribution in [0.3, 0.4) is 0 Å². The Labute approximate surface area is 187 Å². The van der Waals surface area contributed by atoms with Crippen molar-refractivity contribution in [3.8, 4) is 5.75 Å². The minimum Gasteiger partial charge on any atom is -0.496 e. The number of nitrogens with zero attached hydrogens (tertiary/aromatic N) is 2. The molecule has 0 N–H and O–H groups in total. The molecule has 0 aliphatic heterocycles. The van der Waals surface area contributed by atoms with Gasteiger partial charge in [-0.1, -0.05) is 41.9 Å². The van der Waals surface area contributed by atoms with Gasteiger partial charge in [-0.05, 0) is 42.0 Å². The van der Waals surface area contributed by atoms with E-state index in [0.717, 1.165) is 15.6 Å². The van der Waals surface area contributed by atoms with Crippen LogP contribution in [0.2, 0.25) is 0 Å². The van der Waals surface area contributed by atoms with Crippen LogP contribution < -0.4 is 4.74 Å². The van der Waals surface area contributed by atoms with Gasteiger partial charge in [0.25, 0.3) is 0 Å². The number of benzene rings is 2. The van der Waals surface area contributed by atoms with E-state index >= 15 is 0 Å². The molecule has 0 bridgehead atoms. The lowest BCUT2D eigenvalue weighted by molar-refractivity contribution is -0.125. The Morgan fingerprint density at radius 2 is 1.73 bits per heavy atom. The standard InChI is InChI=1S/C22H27BrN2O4S/c1-5-25(6-2)30(27,28)20-11-7-17(8-12-20)9-14-22(26)24(3)16-18-15-19(23)10-13-21(18)29-4/h7-15H,5-6,16H2,1-4H3. The Balaban J connectivity index is 2.08. The predicted molar refractivity (Wildman–Crippen MR) is 123 cm³/mol. The maximum Gasteiger partial charge on any atom is 0.246 e. The third-order valence-corrected chi connectivity index (χ3v) is 7.23. The van der Waals surface area contributed by atoms with Crippen molar-refractivity contribution in [2.75, 3.05) is 27.2 Å². The highest BCUT2D eigenvalue weighted by molar-refractivity contribution is 9.10. The Morgan fingerprint density at radius 3 is 2.30 bits per heavy atom. The number of carbonyl (C=O) groups excluding carboxylic acids is 1. The smallest absolute Gasteiger partial charge is 0.246 e. The van der Waals surface area contributed by atoms with Gasteiger partial charge in [-0.2, -0.15) is 4.31 Å². The van der Waals surface area contributed by atoms with Gasteiger partial charge in [-0.3, -0.25) is 4.79 Å². The lowest BCUT2D eigenvalue weighted by Gasteiger charge is -2.18. The van der Waals surface area contributed by atoms with Crippen LogP contribution in [0.1, 0.15) is 25.0 Å². The van der Waals surface area contributed by atoms with Crippen LogP contribution in [0.5, 0.6) is 5.75 Å². The lowest BCUT2D eigenvalue weighted by Crippen LogP contribution is -2.30. The van der Waals surface area contributed by atoms with E-state index in [1.165, 1.54) is 10.4 Å². The topological polar surface area (TPSA) is 66.9 Å². The van der Waals surface area contributed by atoms with Crippen molar-refractivity contribution >= 4 is 37.9 Å². The van der Waals surface area contributed by atoms with E-state index < -0.39 is 10.0 Å². The van der Waals surface area contributed by atoms with Crippen LogP contribution in [0, 0.1) is 0 Å². The zero-order chi connectivity index (χ0) is 22.3. The molecule has 0 aliphatic carbocycles. The van der Waals surface area contributed by atoms with Gasteiger partial charge in [0.1, 0.15) is 5.75 Å². The molecular weight excluding hydrogens is 468 g/mol. The molecule has 2 aromatic carbocycles. The summed E-state index contributed by atoms with van der Waals surface area (Å²) in [6, 6.07) is 12.2. The molecular formula is C22H27BrN2O4S. The van der Waals surface area contributed by atoms with E-state index in [9.17, 15) is 13.2 Å². The molecule has 0 unspecified atom stereocenters. The number of likely N-dealkylation sites (N-methyl/N-ethyl adjacent to an activating group) is 1. The minimum atomic E-state index is -3.49. The van der Waals surface area contributed by atoms with Crippen molar-refractivity contribution in [3.63, 3.8) is 0 Å². The average molecular weight is 495 g/mol. The summed E-state index contributed by atoms with van der Waals surface area (Å²) in [6.45, 7) is 4.86. The van der Waals surface area contributed by atoms with Crippen LogP contribution in [-0.4, -0.2) is 50.8 Å². The summed E-state index contributed by atoms with van der Waals surface area (Å²) >= 11 is 3.43. The Morgan fingerprint density at radius 1 is 1.10 bits per heavy atom. The first-order valence-corrected chi connectivity index (χ1v) is 11.8. The minimum absolute atomic E-state index is 0.170. The van der Waals surface area contributed by atoms with E-state index in [-0.39, 0.29) is 10.8 Å². The first kappa shape index (κ1) is 24.1. The van der Waals surface area contributed by atoms with E-state index in [4.69, 9.17) is 4.74 Å². The summed E-state index contributed by atoms with van der Waals surface area (Å²) in [7, 11) is -0.178. The number of hydrogen-bond acceptors (Lipinski definition) is 4. The number of hydrogen-bond donors (Lipinski definition) is 0. The number of amides is 1. The third-order valence-electron chi connectivity index (χ3n) is 4.67. The van der Waals surface area contributed by atoms with Crippen LogP contribution in [0.4, 0.5) is 0 Å². The molecule has 1 amide bonds. The summed E-state index contributed by atoms with van der Waals surface area (Å²) in [6.07, 6.45) is 3.14. The molecule has 0 spiro atoms. The molecule has 162 valence electrons. The number of carbonyl (C=O) groups is 1. The van der Waals surface area contributed by atoms with Gasteiger partial charge in [-0.25, -0.2) is 8.42 Å². The van der Waals surface area contributed by atoms with Crippen LogP contribution in [0.25, 0.3) is 6.08 Å². The number of ether oxygens (including phenoxy) is 1. The van der Waals surface area contributed by atoms with Crippen LogP contribution in [-0.2, 0) is 21.4 Å². The van der Waals surface area contributed by atoms with Crippen molar-refractivity contribution in [1.82, 2.24) is 9.21 Å². The van der Waals surface area contributed by atoms with Gasteiger partial charge in [0, 0.05) is 42.8 Å². The molecule has 0 aliphatic rings. The quantitative estimate of drug-likeness (QED) is 0.490. The highest BCUT2D eigenvalue weighted by Crippen LogP contribution is 2.24. The molecule has 0 atom stereocenters. The van der Waals surface area contributed by atoms with Crippen molar-refractivity contribution in [3.05, 3.63) is 64.1 Å². The third kappa shape index (κ3) is 5.93. The SMILES string of the molecule is CCN(CC)S(=O)(=O)c1ccc(C=CC(=O)N(C)Cc2cc(Br)ccc2OC)cc1. The second-order valence-corrected chi connectivity index (χ2v) is 9.50. The number of sulfonamides is 1. The fourth-order valence-corrected chi connectivity index (χ4v) is 4.83. The molecule has 0 aromatic heterocycles. The highest BCUT2D eigenvalue weighted by Gasteiger charge is 2.21. The first-order valence-electron chi connectivity index (χ1n) is 9.58. The largest absolute Gasteiger partial charge is 0.496 e. The second kappa shape index (κ2) is 10.7. The lowest BCUT2D eigenvalue weighted by atomic mass is 10.2. The summed E-state index contributed by atoms with van der Waals surface area (Å²) < 4.78 is 32.8. The Kier molecular flexibility index (Phi) is 8.64. The van der Waals surface area contributed by atoms with Gasteiger partial charge >= 0.3 is 0 Å². The molecule has 0 saturated heterocycles. The normalized spacial score (nSPS) is 11.8. The monoisotopic (exact) mass is 494 g/mol. The van der Waals surface area contributed by atoms with Gasteiger partial charge in [0.05, 0.1) is 12.0 Å². The van der Waals surface area contributed by atoms with Crippen molar-refractivity contribution in [2.45, 2.75) is 25.3 Å². The zero-order valence-corrected chi connectivity index (χ0v) is 20.0. The summed E-state index contributed by atoms with van der Waals surface area (Å²) in [4.78, 5) is 14.3. The van der Waals surface area contributed by atoms with Crippen molar-refractivity contribution in [1.29, 1.82) is 0 Å². The van der Waals surface area contributed by atoms with Gasteiger partial charge in [0.2, 0.25) is 15.9 Å². The molecule has 2 aromatic rings. The number of rotatable bonds is 9. The maximum atomic E-state index is 12.5. The zero-order valence-electron chi connectivity index (χ0n) is 17.6. The summed E-state index contributed by atoms with van der Waals surface area (Å²) in [5.41, 5.74) is 1.64. The fourth-order valence-electron chi connectivity index (χ4n) is 2.96. The van der Waals surface area contributed by atoms with E-state index in [2.05, 4.69) is 15.9 Å². The van der Waals surface area contributed by atoms with Gasteiger partial charge in [-0.15, -0.1) is 0 Å². The molecule has 2 rings (SSSR count). The fraction of sp³-hybridized carbons (Fsp3) is 0.318. The van der Waals surface area contributed by atoms with Crippen molar-refractivity contribution < 1.29 is 17.9 Å². The molecule has 0 saturated carbocycles. The predicted octanol–water partition coefficient (Wildman–Crippen LogP) is 4.16. The number of halogens is 1. The summed E-state index contributed by atoms with van der Waals surface area (Å²) in [5, 5.41) is 0. The second-order valence-electron chi connectivity index (χ2n) is 6.64. The van der Waals surface area contributed by atoms with Crippen LogP contribution >= 0.6 is 15.9 Å². The molecule has 6 nitrogen and oxygen atoms in total. The Hall–Kier alpha value is -2.16. The molecule has 0 fully saturated rings. The Bertz CT molecular complexity index is 1000. The van der Waals surface area contributed by atoms with Gasteiger partial charge < -0.3 is 9.64 Å². The molecule has 0 heterocycles. The van der Waals surface area contributed by atoms with Crippen molar-refractivity contribution in [2.24, 2.45) is 0 Å².